The van der Waals surface area contributed by atoms with Crippen LogP contribution in [-0.2, 0) is 11.3 Å². The number of benzene rings is 1. The summed E-state index contributed by atoms with van der Waals surface area (Å²) in [4.78, 5) is 0. The van der Waals surface area contributed by atoms with Crippen molar-refractivity contribution in [2.45, 2.75) is 45.9 Å². The second-order valence-corrected chi connectivity index (χ2v) is 4.76. The van der Waals surface area contributed by atoms with Crippen molar-refractivity contribution in [3.05, 3.63) is 29.8 Å². The molecule has 0 aliphatic heterocycles. The van der Waals surface area contributed by atoms with Crippen molar-refractivity contribution in [3.63, 3.8) is 0 Å². The molecule has 0 aromatic heterocycles. The zero-order valence-electron chi connectivity index (χ0n) is 11.9. The molecule has 0 aliphatic carbocycles. The Balaban J connectivity index is 2.41. The summed E-state index contributed by atoms with van der Waals surface area (Å²) < 4.78 is 11.1. The summed E-state index contributed by atoms with van der Waals surface area (Å²) in [6.07, 6.45) is 1.28. The zero-order chi connectivity index (χ0) is 13.4. The molecule has 3 heteroatoms. The minimum absolute atomic E-state index is 0.263. The van der Waals surface area contributed by atoms with Gasteiger partial charge in [0.15, 0.2) is 0 Å². The molecule has 1 rings (SSSR count). The Bertz CT molecular complexity index is 339. The minimum Gasteiger partial charge on any atom is -0.497 e. The third kappa shape index (κ3) is 5.52. The van der Waals surface area contributed by atoms with Crippen LogP contribution >= 0.6 is 0 Å². The maximum absolute atomic E-state index is 5.91. The molecule has 1 N–H and O–H groups in total. The molecule has 0 saturated heterocycles. The smallest absolute Gasteiger partial charge is 0.119 e. The summed E-state index contributed by atoms with van der Waals surface area (Å²) in [6, 6.07) is 8.51. The van der Waals surface area contributed by atoms with Crippen molar-refractivity contribution < 1.29 is 9.47 Å². The Labute approximate surface area is 110 Å². The molecule has 0 amide bonds. The zero-order valence-corrected chi connectivity index (χ0v) is 11.9. The van der Waals surface area contributed by atoms with E-state index >= 15 is 0 Å². The van der Waals surface area contributed by atoms with Crippen LogP contribution in [-0.4, -0.2) is 25.8 Å². The summed E-state index contributed by atoms with van der Waals surface area (Å²) in [5.74, 6) is 0.879. The van der Waals surface area contributed by atoms with Crippen LogP contribution < -0.4 is 10.1 Å². The molecule has 1 aromatic rings. The van der Waals surface area contributed by atoms with E-state index in [0.29, 0.717) is 12.6 Å². The topological polar surface area (TPSA) is 30.5 Å². The van der Waals surface area contributed by atoms with Gasteiger partial charge >= 0.3 is 0 Å². The molecule has 0 radical (unpaired) electrons. The first-order valence-corrected chi connectivity index (χ1v) is 6.63. The SMILES string of the molecule is CCC(CNC(C)C)OCc1cccc(OC)c1. The van der Waals surface area contributed by atoms with Crippen LogP contribution in [0.25, 0.3) is 0 Å². The Morgan fingerprint density at radius 2 is 2.06 bits per heavy atom. The molecule has 0 saturated carbocycles. The highest BCUT2D eigenvalue weighted by Gasteiger charge is 2.07. The average molecular weight is 251 g/mol. The maximum atomic E-state index is 5.91. The van der Waals surface area contributed by atoms with E-state index < -0.39 is 0 Å². The van der Waals surface area contributed by atoms with Gasteiger partial charge in [0.2, 0.25) is 0 Å². The summed E-state index contributed by atoms with van der Waals surface area (Å²) in [5, 5.41) is 3.41. The van der Waals surface area contributed by atoms with E-state index in [1.807, 2.05) is 18.2 Å². The molecule has 0 bridgehead atoms. The largest absolute Gasteiger partial charge is 0.497 e. The number of ether oxygens (including phenoxy) is 2. The fourth-order valence-electron chi connectivity index (χ4n) is 1.66. The highest BCUT2D eigenvalue weighted by atomic mass is 16.5. The standard InChI is InChI=1S/C15H25NO2/c1-5-14(10-16-12(2)3)18-11-13-7-6-8-15(9-13)17-4/h6-9,12,14,16H,5,10-11H2,1-4H3. The lowest BCUT2D eigenvalue weighted by Gasteiger charge is -2.18. The predicted octanol–water partition coefficient (Wildman–Crippen LogP) is 2.99. The van der Waals surface area contributed by atoms with E-state index in [1.165, 1.54) is 0 Å². The van der Waals surface area contributed by atoms with Crippen LogP contribution in [0.2, 0.25) is 0 Å². The van der Waals surface area contributed by atoms with E-state index in [2.05, 4.69) is 32.2 Å². The second-order valence-electron chi connectivity index (χ2n) is 4.76. The van der Waals surface area contributed by atoms with E-state index in [4.69, 9.17) is 9.47 Å². The van der Waals surface area contributed by atoms with Crippen molar-refractivity contribution in [1.82, 2.24) is 5.32 Å². The molecular weight excluding hydrogens is 226 g/mol. The van der Waals surface area contributed by atoms with Gasteiger partial charge in [-0.1, -0.05) is 32.9 Å². The van der Waals surface area contributed by atoms with Crippen molar-refractivity contribution in [1.29, 1.82) is 0 Å². The summed E-state index contributed by atoms with van der Waals surface area (Å²) >= 11 is 0. The van der Waals surface area contributed by atoms with Gasteiger partial charge in [-0.2, -0.15) is 0 Å². The van der Waals surface area contributed by atoms with E-state index in [9.17, 15) is 0 Å². The Hall–Kier alpha value is -1.06. The lowest BCUT2D eigenvalue weighted by molar-refractivity contribution is 0.0372. The Kier molecular flexibility index (Phi) is 6.76. The van der Waals surface area contributed by atoms with Crippen LogP contribution in [0.1, 0.15) is 32.8 Å². The summed E-state index contributed by atoms with van der Waals surface area (Å²) in [5.41, 5.74) is 1.15. The second kappa shape index (κ2) is 8.11. The number of hydrogen-bond acceptors (Lipinski definition) is 3. The molecular formula is C15H25NO2. The first kappa shape index (κ1) is 15.0. The van der Waals surface area contributed by atoms with Crippen molar-refractivity contribution >= 4 is 0 Å². The van der Waals surface area contributed by atoms with Gasteiger partial charge in [0.05, 0.1) is 19.8 Å². The van der Waals surface area contributed by atoms with Crippen LogP contribution in [0.4, 0.5) is 0 Å². The number of nitrogens with one attached hydrogen (secondary N) is 1. The molecule has 102 valence electrons. The van der Waals surface area contributed by atoms with Crippen molar-refractivity contribution in [3.8, 4) is 5.75 Å². The van der Waals surface area contributed by atoms with Crippen molar-refractivity contribution in [2.75, 3.05) is 13.7 Å². The highest BCUT2D eigenvalue weighted by molar-refractivity contribution is 5.27. The van der Waals surface area contributed by atoms with Crippen LogP contribution in [0, 0.1) is 0 Å². The quantitative estimate of drug-likeness (QED) is 0.770. The van der Waals surface area contributed by atoms with Gasteiger partial charge < -0.3 is 14.8 Å². The minimum atomic E-state index is 0.263. The summed E-state index contributed by atoms with van der Waals surface area (Å²) in [6.45, 7) is 7.98. The monoisotopic (exact) mass is 251 g/mol. The third-order valence-corrected chi connectivity index (χ3v) is 2.83. The fourth-order valence-corrected chi connectivity index (χ4v) is 1.66. The van der Waals surface area contributed by atoms with Gasteiger partial charge in [-0.15, -0.1) is 0 Å². The average Bonchev–Trinajstić information content (AvgIpc) is 2.39. The Morgan fingerprint density at radius 1 is 1.28 bits per heavy atom. The van der Waals surface area contributed by atoms with E-state index in [1.54, 1.807) is 7.11 Å². The van der Waals surface area contributed by atoms with E-state index in [0.717, 1.165) is 24.3 Å². The maximum Gasteiger partial charge on any atom is 0.119 e. The summed E-state index contributed by atoms with van der Waals surface area (Å²) in [7, 11) is 1.68. The van der Waals surface area contributed by atoms with Gasteiger partial charge in [0.1, 0.15) is 5.75 Å². The van der Waals surface area contributed by atoms with Crippen LogP contribution in [0.15, 0.2) is 24.3 Å². The van der Waals surface area contributed by atoms with Crippen LogP contribution in [0.3, 0.4) is 0 Å². The predicted molar refractivity (Wildman–Crippen MR) is 75.0 cm³/mol. The molecule has 0 spiro atoms. The lowest BCUT2D eigenvalue weighted by atomic mass is 10.2. The lowest BCUT2D eigenvalue weighted by Crippen LogP contribution is -2.33. The molecule has 0 aliphatic rings. The van der Waals surface area contributed by atoms with E-state index in [-0.39, 0.29) is 6.10 Å². The first-order valence-electron chi connectivity index (χ1n) is 6.63. The molecule has 0 fully saturated rings. The normalized spacial score (nSPS) is 12.7. The Morgan fingerprint density at radius 3 is 2.67 bits per heavy atom. The van der Waals surface area contributed by atoms with Crippen LogP contribution in [0.5, 0.6) is 5.75 Å². The van der Waals surface area contributed by atoms with Gasteiger partial charge in [-0.3, -0.25) is 0 Å². The van der Waals surface area contributed by atoms with Gasteiger partial charge in [-0.25, -0.2) is 0 Å². The van der Waals surface area contributed by atoms with Gasteiger partial charge in [-0.05, 0) is 24.1 Å². The van der Waals surface area contributed by atoms with Gasteiger partial charge in [0.25, 0.3) is 0 Å². The molecule has 18 heavy (non-hydrogen) atoms. The molecule has 3 nitrogen and oxygen atoms in total. The molecule has 1 unspecified atom stereocenters. The first-order chi connectivity index (χ1) is 8.65. The highest BCUT2D eigenvalue weighted by Crippen LogP contribution is 2.14. The number of methoxy groups -OCH3 is 1. The molecule has 1 atom stereocenters. The van der Waals surface area contributed by atoms with Gasteiger partial charge in [0, 0.05) is 12.6 Å². The number of rotatable bonds is 8. The molecule has 0 heterocycles. The third-order valence-electron chi connectivity index (χ3n) is 2.83. The van der Waals surface area contributed by atoms with Crippen molar-refractivity contribution in [2.24, 2.45) is 0 Å². The molecule has 1 aromatic carbocycles. The number of hydrogen-bond donors (Lipinski definition) is 1. The fraction of sp³-hybridized carbons (Fsp3) is 0.600.